The van der Waals surface area contributed by atoms with Crippen LogP contribution in [0.3, 0.4) is 0 Å². The summed E-state index contributed by atoms with van der Waals surface area (Å²) < 4.78 is 25.4. The van der Waals surface area contributed by atoms with Crippen molar-refractivity contribution in [2.24, 2.45) is 0 Å². The van der Waals surface area contributed by atoms with Crippen LogP contribution in [0.5, 0.6) is 0 Å². The molecule has 0 spiro atoms. The minimum Gasteiger partial charge on any atom is -0.444 e. The first-order valence-corrected chi connectivity index (χ1v) is 7.83. The molecule has 21 heavy (non-hydrogen) atoms. The highest BCUT2D eigenvalue weighted by atomic mass is 19.1. The highest BCUT2D eigenvalue weighted by Crippen LogP contribution is 2.23. The topological polar surface area (TPSA) is 50.8 Å². The fraction of sp³-hybridized carbons (Fsp3) is 0.933. The predicted octanol–water partition coefficient (Wildman–Crippen LogP) is 2.10. The quantitative estimate of drug-likeness (QED) is 0.849. The Hall–Kier alpha value is -0.880. The van der Waals surface area contributed by atoms with E-state index >= 15 is 0 Å². The largest absolute Gasteiger partial charge is 0.444 e. The SMILES string of the molecule is CC(C)(C)OC(=O)N1CC[C@@H](OC2CCNCC2)[C@H](F)C1. The number of ether oxygens (including phenoxy) is 2. The summed E-state index contributed by atoms with van der Waals surface area (Å²) in [6, 6.07) is 0. The van der Waals surface area contributed by atoms with Gasteiger partial charge in [0.2, 0.25) is 0 Å². The third kappa shape index (κ3) is 5.11. The molecule has 5 nitrogen and oxygen atoms in total. The lowest BCUT2D eigenvalue weighted by Crippen LogP contribution is -2.50. The van der Waals surface area contributed by atoms with E-state index in [0.29, 0.717) is 13.0 Å². The lowest BCUT2D eigenvalue weighted by atomic mass is 10.0. The van der Waals surface area contributed by atoms with Gasteiger partial charge in [0.1, 0.15) is 11.8 Å². The van der Waals surface area contributed by atoms with E-state index in [-0.39, 0.29) is 12.6 Å². The molecule has 2 heterocycles. The molecule has 2 atom stereocenters. The summed E-state index contributed by atoms with van der Waals surface area (Å²) in [7, 11) is 0. The third-order valence-corrected chi connectivity index (χ3v) is 3.79. The Morgan fingerprint density at radius 1 is 1.24 bits per heavy atom. The molecule has 2 rings (SSSR count). The van der Waals surface area contributed by atoms with E-state index in [1.807, 2.05) is 20.8 Å². The van der Waals surface area contributed by atoms with Gasteiger partial charge in [-0.05, 0) is 53.1 Å². The molecule has 2 aliphatic rings. The van der Waals surface area contributed by atoms with Gasteiger partial charge in [-0.3, -0.25) is 0 Å². The average molecular weight is 302 g/mol. The van der Waals surface area contributed by atoms with E-state index in [1.165, 1.54) is 4.90 Å². The van der Waals surface area contributed by atoms with Crippen molar-refractivity contribution in [3.8, 4) is 0 Å². The summed E-state index contributed by atoms with van der Waals surface area (Å²) in [5.41, 5.74) is -0.550. The first-order chi connectivity index (χ1) is 9.85. The number of hydrogen-bond acceptors (Lipinski definition) is 4. The van der Waals surface area contributed by atoms with Crippen LogP contribution in [0, 0.1) is 0 Å². The molecule has 0 aromatic heterocycles. The molecular formula is C15H27FN2O3. The molecule has 0 aromatic rings. The van der Waals surface area contributed by atoms with Crippen molar-refractivity contribution >= 4 is 6.09 Å². The normalized spacial score (nSPS) is 28.5. The van der Waals surface area contributed by atoms with E-state index in [2.05, 4.69) is 5.32 Å². The number of nitrogens with zero attached hydrogens (tertiary/aromatic N) is 1. The molecule has 0 saturated carbocycles. The van der Waals surface area contributed by atoms with Gasteiger partial charge >= 0.3 is 6.09 Å². The van der Waals surface area contributed by atoms with Crippen LogP contribution in [-0.2, 0) is 9.47 Å². The molecule has 0 bridgehead atoms. The summed E-state index contributed by atoms with van der Waals surface area (Å²) in [5.74, 6) is 0. The van der Waals surface area contributed by atoms with Gasteiger partial charge in [0.05, 0.1) is 18.8 Å². The zero-order chi connectivity index (χ0) is 15.5. The van der Waals surface area contributed by atoms with E-state index in [4.69, 9.17) is 9.47 Å². The second kappa shape index (κ2) is 6.92. The number of rotatable bonds is 2. The summed E-state index contributed by atoms with van der Waals surface area (Å²) in [6.07, 6.45) is 0.559. The molecule has 0 aliphatic carbocycles. The smallest absolute Gasteiger partial charge is 0.410 e. The lowest BCUT2D eigenvalue weighted by Gasteiger charge is -2.37. The highest BCUT2D eigenvalue weighted by Gasteiger charge is 2.35. The van der Waals surface area contributed by atoms with Crippen molar-refractivity contribution in [2.45, 2.75) is 64.0 Å². The van der Waals surface area contributed by atoms with Crippen molar-refractivity contribution in [2.75, 3.05) is 26.2 Å². The summed E-state index contributed by atoms with van der Waals surface area (Å²) >= 11 is 0. The molecule has 2 aliphatic heterocycles. The molecule has 2 fully saturated rings. The van der Waals surface area contributed by atoms with E-state index in [1.54, 1.807) is 0 Å². The van der Waals surface area contributed by atoms with Crippen molar-refractivity contribution in [3.63, 3.8) is 0 Å². The number of alkyl halides is 1. The molecule has 0 radical (unpaired) electrons. The van der Waals surface area contributed by atoms with Crippen molar-refractivity contribution < 1.29 is 18.7 Å². The Morgan fingerprint density at radius 2 is 1.90 bits per heavy atom. The van der Waals surface area contributed by atoms with Crippen LogP contribution in [0.25, 0.3) is 0 Å². The van der Waals surface area contributed by atoms with E-state index < -0.39 is 24.0 Å². The first-order valence-electron chi connectivity index (χ1n) is 7.83. The Labute approximate surface area is 126 Å². The number of piperidine rings is 2. The van der Waals surface area contributed by atoms with Crippen LogP contribution in [0.1, 0.15) is 40.0 Å². The van der Waals surface area contributed by atoms with Crippen LogP contribution >= 0.6 is 0 Å². The molecule has 1 amide bonds. The minimum atomic E-state index is -1.14. The fourth-order valence-corrected chi connectivity index (χ4v) is 2.71. The van der Waals surface area contributed by atoms with Crippen LogP contribution in [0.2, 0.25) is 0 Å². The number of nitrogens with one attached hydrogen (secondary N) is 1. The maximum Gasteiger partial charge on any atom is 0.410 e. The van der Waals surface area contributed by atoms with Gasteiger partial charge in [0.25, 0.3) is 0 Å². The lowest BCUT2D eigenvalue weighted by molar-refractivity contribution is -0.0909. The Balaban J connectivity index is 1.79. The van der Waals surface area contributed by atoms with Gasteiger partial charge in [0, 0.05) is 6.54 Å². The van der Waals surface area contributed by atoms with Gasteiger partial charge < -0.3 is 19.7 Å². The van der Waals surface area contributed by atoms with Crippen molar-refractivity contribution in [1.82, 2.24) is 10.2 Å². The zero-order valence-corrected chi connectivity index (χ0v) is 13.2. The standard InChI is InChI=1S/C15H27FN2O3/c1-15(2,3)21-14(19)18-9-6-13(12(16)10-18)20-11-4-7-17-8-5-11/h11-13,17H,4-10H2,1-3H3/t12-,13-/m1/s1. The highest BCUT2D eigenvalue weighted by molar-refractivity contribution is 5.68. The molecule has 2 saturated heterocycles. The van der Waals surface area contributed by atoms with Crippen molar-refractivity contribution in [1.29, 1.82) is 0 Å². The third-order valence-electron chi connectivity index (χ3n) is 3.79. The number of halogens is 1. The van der Waals surface area contributed by atoms with E-state index in [0.717, 1.165) is 25.9 Å². The van der Waals surface area contributed by atoms with Gasteiger partial charge in [-0.2, -0.15) is 0 Å². The van der Waals surface area contributed by atoms with E-state index in [9.17, 15) is 9.18 Å². The number of carbonyl (C=O) groups excluding carboxylic acids is 1. The molecule has 1 N–H and O–H groups in total. The van der Waals surface area contributed by atoms with Crippen molar-refractivity contribution in [3.05, 3.63) is 0 Å². The second-order valence-electron chi connectivity index (χ2n) is 6.85. The molecule has 0 unspecified atom stereocenters. The molecular weight excluding hydrogens is 275 g/mol. The first kappa shape index (κ1) is 16.5. The Bertz CT molecular complexity index is 353. The number of carbonyl (C=O) groups is 1. The molecule has 0 aromatic carbocycles. The molecule has 122 valence electrons. The van der Waals surface area contributed by atoms with Crippen LogP contribution in [0.4, 0.5) is 9.18 Å². The summed E-state index contributed by atoms with van der Waals surface area (Å²) in [5, 5.41) is 3.26. The minimum absolute atomic E-state index is 0.0601. The van der Waals surface area contributed by atoms with Gasteiger partial charge in [-0.25, -0.2) is 9.18 Å². The summed E-state index contributed by atoms with van der Waals surface area (Å²) in [4.78, 5) is 13.4. The second-order valence-corrected chi connectivity index (χ2v) is 6.85. The zero-order valence-electron chi connectivity index (χ0n) is 13.2. The van der Waals surface area contributed by atoms with Crippen LogP contribution in [-0.4, -0.2) is 61.2 Å². The number of amides is 1. The van der Waals surface area contributed by atoms with Crippen LogP contribution in [0.15, 0.2) is 0 Å². The van der Waals surface area contributed by atoms with Gasteiger partial charge in [-0.15, -0.1) is 0 Å². The fourth-order valence-electron chi connectivity index (χ4n) is 2.71. The Kier molecular flexibility index (Phi) is 5.43. The Morgan fingerprint density at radius 3 is 2.48 bits per heavy atom. The maximum absolute atomic E-state index is 14.3. The maximum atomic E-state index is 14.3. The van der Waals surface area contributed by atoms with Gasteiger partial charge in [0.15, 0.2) is 0 Å². The number of likely N-dealkylation sites (tertiary alicyclic amines) is 1. The predicted molar refractivity (Wildman–Crippen MR) is 78.1 cm³/mol. The van der Waals surface area contributed by atoms with Gasteiger partial charge in [-0.1, -0.05) is 0 Å². The van der Waals surface area contributed by atoms with Crippen LogP contribution < -0.4 is 5.32 Å². The monoisotopic (exact) mass is 302 g/mol. The number of hydrogen-bond donors (Lipinski definition) is 1. The average Bonchev–Trinajstić information content (AvgIpc) is 2.40. The molecule has 6 heteroatoms. The summed E-state index contributed by atoms with van der Waals surface area (Å²) in [6.45, 7) is 7.84.